The molecule has 0 atom stereocenters. The highest BCUT2D eigenvalue weighted by molar-refractivity contribution is 5.55. The van der Waals surface area contributed by atoms with Gasteiger partial charge in [0, 0.05) is 13.6 Å². The number of methoxy groups -OCH3 is 1. The number of fused-ring (bicyclic) bond motifs is 1. The Hall–Kier alpha value is -2.28. The minimum Gasteiger partial charge on any atom is -0.493 e. The third-order valence-corrected chi connectivity index (χ3v) is 3.76. The molecule has 7 heteroatoms. The Morgan fingerprint density at radius 2 is 2.09 bits per heavy atom. The van der Waals surface area contributed by atoms with Gasteiger partial charge in [-0.3, -0.25) is 4.90 Å². The lowest BCUT2D eigenvalue weighted by Gasteiger charge is -2.17. The molecule has 1 aromatic heterocycles. The van der Waals surface area contributed by atoms with Crippen LogP contribution in [-0.4, -0.2) is 40.6 Å². The molecule has 7 nitrogen and oxygen atoms in total. The average Bonchev–Trinajstić information content (AvgIpc) is 3.08. The molecule has 1 aromatic carbocycles. The molecule has 0 bridgehead atoms. The predicted molar refractivity (Wildman–Crippen MR) is 80.0 cm³/mol. The van der Waals surface area contributed by atoms with Crippen molar-refractivity contribution >= 4 is 0 Å². The molecule has 0 amide bonds. The second-order valence-electron chi connectivity index (χ2n) is 5.43. The molecule has 0 aliphatic carbocycles. The molecule has 1 aliphatic heterocycles. The standard InChI is InChI=1S/C15H20N4O3/c1-10-16-17-14(19(10)3)8-18(2)7-11-5-12(20-4)15-13(6-11)21-9-22-15/h5-6H,7-9H2,1-4H3. The molecule has 0 N–H and O–H groups in total. The van der Waals surface area contributed by atoms with Crippen molar-refractivity contribution in [2.45, 2.75) is 20.0 Å². The summed E-state index contributed by atoms with van der Waals surface area (Å²) in [6.45, 7) is 3.65. The Morgan fingerprint density at radius 1 is 1.27 bits per heavy atom. The predicted octanol–water partition coefficient (Wildman–Crippen LogP) is 1.49. The molecular weight excluding hydrogens is 284 g/mol. The molecule has 0 unspecified atom stereocenters. The lowest BCUT2D eigenvalue weighted by Crippen LogP contribution is -2.19. The molecule has 0 saturated heterocycles. The second kappa shape index (κ2) is 5.84. The van der Waals surface area contributed by atoms with E-state index in [4.69, 9.17) is 14.2 Å². The van der Waals surface area contributed by atoms with Crippen molar-refractivity contribution in [3.63, 3.8) is 0 Å². The summed E-state index contributed by atoms with van der Waals surface area (Å²) in [4.78, 5) is 2.17. The quantitative estimate of drug-likeness (QED) is 0.834. The van der Waals surface area contributed by atoms with Gasteiger partial charge in [0.1, 0.15) is 11.6 Å². The summed E-state index contributed by atoms with van der Waals surface area (Å²) in [6.07, 6.45) is 0. The summed E-state index contributed by atoms with van der Waals surface area (Å²) in [5.74, 6) is 3.96. The van der Waals surface area contributed by atoms with Crippen molar-refractivity contribution in [3.05, 3.63) is 29.3 Å². The van der Waals surface area contributed by atoms with E-state index in [0.29, 0.717) is 18.0 Å². The van der Waals surface area contributed by atoms with Gasteiger partial charge in [-0.25, -0.2) is 0 Å². The van der Waals surface area contributed by atoms with E-state index in [1.54, 1.807) is 7.11 Å². The van der Waals surface area contributed by atoms with Crippen molar-refractivity contribution in [2.24, 2.45) is 7.05 Å². The first-order valence-electron chi connectivity index (χ1n) is 7.08. The SMILES string of the molecule is COc1cc(CN(C)Cc2nnc(C)n2C)cc2c1OCO2. The fourth-order valence-electron chi connectivity index (χ4n) is 2.47. The molecule has 0 radical (unpaired) electrons. The van der Waals surface area contributed by atoms with Gasteiger partial charge in [-0.2, -0.15) is 0 Å². The highest BCUT2D eigenvalue weighted by atomic mass is 16.7. The first-order chi connectivity index (χ1) is 10.6. The van der Waals surface area contributed by atoms with Crippen LogP contribution in [0.2, 0.25) is 0 Å². The molecule has 0 fully saturated rings. The maximum absolute atomic E-state index is 5.46. The zero-order valence-electron chi connectivity index (χ0n) is 13.3. The van der Waals surface area contributed by atoms with Gasteiger partial charge in [-0.1, -0.05) is 0 Å². The van der Waals surface area contributed by atoms with E-state index in [0.717, 1.165) is 29.5 Å². The van der Waals surface area contributed by atoms with Crippen LogP contribution in [0.25, 0.3) is 0 Å². The second-order valence-corrected chi connectivity index (χ2v) is 5.43. The van der Waals surface area contributed by atoms with Gasteiger partial charge >= 0.3 is 0 Å². The van der Waals surface area contributed by atoms with Crippen molar-refractivity contribution in [2.75, 3.05) is 21.0 Å². The van der Waals surface area contributed by atoms with E-state index in [2.05, 4.69) is 15.1 Å². The Balaban J connectivity index is 1.74. The van der Waals surface area contributed by atoms with Crippen molar-refractivity contribution < 1.29 is 14.2 Å². The summed E-state index contributed by atoms with van der Waals surface area (Å²) in [5.41, 5.74) is 1.10. The van der Waals surface area contributed by atoms with Gasteiger partial charge < -0.3 is 18.8 Å². The molecule has 118 valence electrons. The smallest absolute Gasteiger partial charge is 0.231 e. The zero-order chi connectivity index (χ0) is 15.7. The van der Waals surface area contributed by atoms with E-state index >= 15 is 0 Å². The van der Waals surface area contributed by atoms with E-state index < -0.39 is 0 Å². The fraction of sp³-hybridized carbons (Fsp3) is 0.467. The number of ether oxygens (including phenoxy) is 3. The highest BCUT2D eigenvalue weighted by Gasteiger charge is 2.20. The number of hydrogen-bond donors (Lipinski definition) is 0. The third-order valence-electron chi connectivity index (χ3n) is 3.76. The molecule has 0 saturated carbocycles. The molecule has 0 spiro atoms. The maximum Gasteiger partial charge on any atom is 0.231 e. The molecule has 2 heterocycles. The lowest BCUT2D eigenvalue weighted by atomic mass is 10.1. The number of rotatable bonds is 5. The Labute approximate surface area is 129 Å². The molecule has 2 aromatic rings. The summed E-state index contributed by atoms with van der Waals surface area (Å²) >= 11 is 0. The third kappa shape index (κ3) is 2.71. The molecule has 1 aliphatic rings. The Bertz CT molecular complexity index is 684. The monoisotopic (exact) mass is 304 g/mol. The number of nitrogens with zero attached hydrogens (tertiary/aromatic N) is 4. The summed E-state index contributed by atoms with van der Waals surface area (Å²) < 4.78 is 18.2. The van der Waals surface area contributed by atoms with Crippen LogP contribution in [0.3, 0.4) is 0 Å². The lowest BCUT2D eigenvalue weighted by molar-refractivity contribution is 0.171. The molecule has 3 rings (SSSR count). The van der Waals surface area contributed by atoms with E-state index in [-0.39, 0.29) is 6.79 Å². The largest absolute Gasteiger partial charge is 0.493 e. The van der Waals surface area contributed by atoms with E-state index in [1.165, 1.54) is 0 Å². The van der Waals surface area contributed by atoms with E-state index in [1.807, 2.05) is 37.7 Å². The van der Waals surface area contributed by atoms with Crippen molar-refractivity contribution in [1.29, 1.82) is 0 Å². The molecule has 22 heavy (non-hydrogen) atoms. The first kappa shape index (κ1) is 14.6. The first-order valence-corrected chi connectivity index (χ1v) is 7.08. The summed E-state index contributed by atoms with van der Waals surface area (Å²) in [5, 5.41) is 8.27. The van der Waals surface area contributed by atoms with Gasteiger partial charge in [0.2, 0.25) is 12.5 Å². The van der Waals surface area contributed by atoms with Crippen LogP contribution in [0, 0.1) is 6.92 Å². The van der Waals surface area contributed by atoms with Crippen molar-refractivity contribution in [1.82, 2.24) is 19.7 Å². The van der Waals surface area contributed by atoms with Gasteiger partial charge in [0.05, 0.1) is 13.7 Å². The fourth-order valence-corrected chi connectivity index (χ4v) is 2.47. The Kier molecular flexibility index (Phi) is 3.89. The zero-order valence-corrected chi connectivity index (χ0v) is 13.3. The van der Waals surface area contributed by atoms with Crippen LogP contribution >= 0.6 is 0 Å². The normalized spacial score (nSPS) is 13.0. The van der Waals surface area contributed by atoms with Crippen LogP contribution in [0.4, 0.5) is 0 Å². The summed E-state index contributed by atoms with van der Waals surface area (Å²) in [7, 11) is 5.65. The van der Waals surface area contributed by atoms with Crippen LogP contribution < -0.4 is 14.2 Å². The van der Waals surface area contributed by atoms with Crippen LogP contribution in [0.1, 0.15) is 17.2 Å². The topological polar surface area (TPSA) is 61.6 Å². The van der Waals surface area contributed by atoms with Gasteiger partial charge in [0.25, 0.3) is 0 Å². The number of aryl methyl sites for hydroxylation is 1. The van der Waals surface area contributed by atoms with Crippen LogP contribution in [0.5, 0.6) is 17.2 Å². The van der Waals surface area contributed by atoms with Crippen LogP contribution in [0.15, 0.2) is 12.1 Å². The minimum atomic E-state index is 0.239. The van der Waals surface area contributed by atoms with Gasteiger partial charge in [-0.15, -0.1) is 10.2 Å². The minimum absolute atomic E-state index is 0.239. The number of hydrogen-bond acceptors (Lipinski definition) is 6. The maximum atomic E-state index is 5.46. The molecular formula is C15H20N4O3. The summed E-state index contributed by atoms with van der Waals surface area (Å²) in [6, 6.07) is 3.97. The number of benzene rings is 1. The average molecular weight is 304 g/mol. The van der Waals surface area contributed by atoms with Crippen LogP contribution in [-0.2, 0) is 20.1 Å². The van der Waals surface area contributed by atoms with Crippen molar-refractivity contribution in [3.8, 4) is 17.2 Å². The van der Waals surface area contributed by atoms with E-state index in [9.17, 15) is 0 Å². The van der Waals surface area contributed by atoms with Gasteiger partial charge in [0.15, 0.2) is 11.5 Å². The highest BCUT2D eigenvalue weighted by Crippen LogP contribution is 2.41. The van der Waals surface area contributed by atoms with Gasteiger partial charge in [-0.05, 0) is 31.7 Å². The Morgan fingerprint density at radius 3 is 2.77 bits per heavy atom. The number of aromatic nitrogens is 3.